The molecule has 147 valence electrons. The Morgan fingerprint density at radius 1 is 1.00 bits per heavy atom. The first-order valence-electron chi connectivity index (χ1n) is 8.15. The van der Waals surface area contributed by atoms with Crippen molar-refractivity contribution < 1.29 is 26.7 Å². The minimum absolute atomic E-state index is 0.0992. The number of nitrogens with zero attached hydrogens (tertiary/aromatic N) is 1. The first-order chi connectivity index (χ1) is 13.7. The Balaban J connectivity index is 2.11. The van der Waals surface area contributed by atoms with Crippen LogP contribution in [-0.4, -0.2) is 10.5 Å². The van der Waals surface area contributed by atoms with Gasteiger partial charge in [-0.1, -0.05) is 23.7 Å². The highest BCUT2D eigenvalue weighted by atomic mass is 35.5. The Kier molecular flexibility index (Phi) is 4.46. The second kappa shape index (κ2) is 6.73. The number of rotatable bonds is 3. The molecule has 0 spiro atoms. The fourth-order valence-corrected chi connectivity index (χ4v) is 3.64. The van der Waals surface area contributed by atoms with Gasteiger partial charge in [-0.2, -0.15) is 0 Å². The average molecular weight is 424 g/mol. The van der Waals surface area contributed by atoms with Crippen LogP contribution >= 0.6 is 11.6 Å². The second-order valence-electron chi connectivity index (χ2n) is 6.25. The molecule has 4 aromatic rings. The van der Waals surface area contributed by atoms with Gasteiger partial charge in [-0.25, -0.2) is 22.0 Å². The van der Waals surface area contributed by atoms with Gasteiger partial charge >= 0.3 is 0 Å². The Morgan fingerprint density at radius 3 is 2.24 bits per heavy atom. The molecular weight excluding hydrogens is 415 g/mol. The van der Waals surface area contributed by atoms with E-state index in [0.717, 1.165) is 0 Å². The summed E-state index contributed by atoms with van der Waals surface area (Å²) in [6.07, 6.45) is 0. The molecule has 0 saturated carbocycles. The zero-order chi connectivity index (χ0) is 21.0. The normalized spacial score (nSPS) is 11.5. The summed E-state index contributed by atoms with van der Waals surface area (Å²) in [7, 11) is 0. The van der Waals surface area contributed by atoms with Gasteiger partial charge in [-0.3, -0.25) is 4.79 Å². The van der Waals surface area contributed by atoms with Crippen LogP contribution in [0, 0.1) is 35.2 Å². The molecule has 1 radical (unpaired) electrons. The molecule has 0 aliphatic heterocycles. The van der Waals surface area contributed by atoms with Crippen molar-refractivity contribution in [2.75, 3.05) is 0 Å². The molecule has 3 aromatic carbocycles. The molecule has 0 fully saturated rings. The summed E-state index contributed by atoms with van der Waals surface area (Å²) >= 11 is 6.25. The number of carbonyl (C=O) groups excluding carboxylic acids is 1. The smallest absolute Gasteiger partial charge is 0.249 e. The van der Waals surface area contributed by atoms with Gasteiger partial charge in [-0.15, -0.1) is 0 Å². The maximum atomic E-state index is 14.3. The minimum Gasteiger partial charge on any atom is -0.366 e. The van der Waals surface area contributed by atoms with E-state index in [1.54, 1.807) is 0 Å². The lowest BCUT2D eigenvalue weighted by Crippen LogP contribution is -2.12. The van der Waals surface area contributed by atoms with Crippen molar-refractivity contribution in [3.63, 3.8) is 0 Å². The predicted octanol–water partition coefficient (Wildman–Crippen LogP) is 5.09. The molecule has 9 heteroatoms. The number of carbonyl (C=O) groups is 1. The van der Waals surface area contributed by atoms with E-state index in [1.165, 1.54) is 34.9 Å². The summed E-state index contributed by atoms with van der Waals surface area (Å²) in [4.78, 5) is 11.9. The third-order valence-corrected chi connectivity index (χ3v) is 4.96. The highest BCUT2D eigenvalue weighted by molar-refractivity contribution is 6.36. The molecule has 1 aromatic heterocycles. The van der Waals surface area contributed by atoms with E-state index >= 15 is 0 Å². The largest absolute Gasteiger partial charge is 0.366 e. The molecule has 1 amide bonds. The Bertz CT molecular complexity index is 1300. The maximum Gasteiger partial charge on any atom is 0.249 e. The van der Waals surface area contributed by atoms with Crippen molar-refractivity contribution in [3.05, 3.63) is 81.6 Å². The van der Waals surface area contributed by atoms with E-state index in [4.69, 9.17) is 17.3 Å². The Hall–Kier alpha value is -3.13. The van der Waals surface area contributed by atoms with Gasteiger partial charge in [-0.05, 0) is 24.3 Å². The van der Waals surface area contributed by atoms with E-state index in [9.17, 15) is 26.7 Å². The summed E-state index contributed by atoms with van der Waals surface area (Å²) in [6, 6.07) is 10.2. The lowest BCUT2D eigenvalue weighted by atomic mass is 10.1. The van der Waals surface area contributed by atoms with Crippen LogP contribution in [0.1, 0.15) is 15.9 Å². The van der Waals surface area contributed by atoms with Crippen molar-refractivity contribution in [2.24, 2.45) is 5.73 Å². The number of nitrogens with two attached hydrogens (primary N) is 1. The van der Waals surface area contributed by atoms with E-state index in [2.05, 4.69) is 6.07 Å². The lowest BCUT2D eigenvalue weighted by Gasteiger charge is -2.12. The highest BCUT2D eigenvalue weighted by Crippen LogP contribution is 2.36. The van der Waals surface area contributed by atoms with Gasteiger partial charge < -0.3 is 10.3 Å². The van der Waals surface area contributed by atoms with Crippen LogP contribution in [0.2, 0.25) is 5.02 Å². The minimum atomic E-state index is -2.24. The van der Waals surface area contributed by atoms with Crippen molar-refractivity contribution in [3.8, 4) is 0 Å². The van der Waals surface area contributed by atoms with Crippen molar-refractivity contribution in [1.29, 1.82) is 0 Å². The van der Waals surface area contributed by atoms with Crippen LogP contribution in [0.4, 0.5) is 22.0 Å². The van der Waals surface area contributed by atoms with E-state index in [0.29, 0.717) is 10.8 Å². The van der Waals surface area contributed by atoms with E-state index in [-0.39, 0.29) is 21.6 Å². The topological polar surface area (TPSA) is 48.0 Å². The third kappa shape index (κ3) is 2.74. The summed E-state index contributed by atoms with van der Waals surface area (Å²) in [5.41, 5.74) is 4.96. The summed E-state index contributed by atoms with van der Waals surface area (Å²) < 4.78 is 70.4. The lowest BCUT2D eigenvalue weighted by molar-refractivity contribution is 0.100. The molecule has 0 atom stereocenters. The van der Waals surface area contributed by atoms with Crippen LogP contribution < -0.4 is 5.73 Å². The number of hydrogen-bond donors (Lipinski definition) is 1. The molecule has 1 heterocycles. The third-order valence-electron chi connectivity index (χ3n) is 4.66. The number of fused-ring (bicyclic) bond motifs is 3. The number of primary amides is 1. The molecule has 0 aliphatic rings. The molecule has 4 rings (SSSR count). The molecule has 29 heavy (non-hydrogen) atoms. The quantitative estimate of drug-likeness (QED) is 0.278. The summed E-state index contributed by atoms with van der Waals surface area (Å²) in [6.45, 7) is -0.731. The average Bonchev–Trinajstić information content (AvgIpc) is 3.03. The van der Waals surface area contributed by atoms with E-state index in [1.807, 2.05) is 0 Å². The monoisotopic (exact) mass is 423 g/mol. The van der Waals surface area contributed by atoms with Crippen LogP contribution in [0.5, 0.6) is 0 Å². The van der Waals surface area contributed by atoms with Crippen LogP contribution in [0.25, 0.3) is 21.8 Å². The molecule has 3 nitrogen and oxygen atoms in total. The fourth-order valence-electron chi connectivity index (χ4n) is 3.38. The summed E-state index contributed by atoms with van der Waals surface area (Å²) in [5.74, 6) is -11.0. The first-order valence-corrected chi connectivity index (χ1v) is 8.53. The number of halogens is 6. The number of aromatic nitrogens is 1. The van der Waals surface area contributed by atoms with Gasteiger partial charge in [0, 0.05) is 21.9 Å². The fraction of sp³-hybridized carbons (Fsp3) is 0.0500. The van der Waals surface area contributed by atoms with Crippen LogP contribution in [0.3, 0.4) is 0 Å². The SMILES string of the molecule is NC(=O)c1cccc2c1c1[c]ccc(Cl)c1n2Cc1c(F)c(F)c(F)c(F)c1F. The Labute approximate surface area is 165 Å². The Morgan fingerprint density at radius 2 is 1.62 bits per heavy atom. The standard InChI is InChI=1S/C20H9ClF5N2O/c21-11-5-1-3-8-13-9(20(27)29)4-2-6-12(13)28(19(8)11)7-10-14(22)16(24)18(26)17(25)15(10)23/h1-2,4-6H,7H2,(H2,27,29). The second-order valence-corrected chi connectivity index (χ2v) is 6.65. The number of amides is 1. The molecule has 2 N–H and O–H groups in total. The van der Waals surface area contributed by atoms with Gasteiger partial charge in [0.15, 0.2) is 23.3 Å². The molecule has 0 saturated heterocycles. The van der Waals surface area contributed by atoms with Gasteiger partial charge in [0.1, 0.15) is 0 Å². The van der Waals surface area contributed by atoms with Gasteiger partial charge in [0.05, 0.1) is 22.6 Å². The maximum absolute atomic E-state index is 14.3. The molecule has 0 unspecified atom stereocenters. The zero-order valence-electron chi connectivity index (χ0n) is 14.3. The van der Waals surface area contributed by atoms with Gasteiger partial charge in [0.2, 0.25) is 11.7 Å². The van der Waals surface area contributed by atoms with Crippen molar-refractivity contribution in [1.82, 2.24) is 4.57 Å². The number of hydrogen-bond acceptors (Lipinski definition) is 1. The molecular formula is C20H9ClF5N2O. The zero-order valence-corrected chi connectivity index (χ0v) is 15.1. The van der Waals surface area contributed by atoms with Crippen LogP contribution in [0.15, 0.2) is 30.3 Å². The van der Waals surface area contributed by atoms with Gasteiger partial charge in [0.25, 0.3) is 0 Å². The van der Waals surface area contributed by atoms with Crippen molar-refractivity contribution in [2.45, 2.75) is 6.54 Å². The number of benzene rings is 3. The van der Waals surface area contributed by atoms with E-state index < -0.39 is 47.1 Å². The molecule has 0 aliphatic carbocycles. The highest BCUT2D eigenvalue weighted by Gasteiger charge is 2.27. The first kappa shape index (κ1) is 19.2. The van der Waals surface area contributed by atoms with Crippen LogP contribution in [-0.2, 0) is 6.54 Å². The van der Waals surface area contributed by atoms with Crippen molar-refractivity contribution >= 4 is 39.3 Å². The molecule has 0 bridgehead atoms. The summed E-state index contributed by atoms with van der Waals surface area (Å²) in [5, 5.41) is 0.765. The predicted molar refractivity (Wildman–Crippen MR) is 97.1 cm³/mol.